The summed E-state index contributed by atoms with van der Waals surface area (Å²) in [6.45, 7) is 0. The minimum absolute atomic E-state index is 0.0732. The van der Waals surface area contributed by atoms with Gasteiger partial charge in [-0.15, -0.1) is 11.3 Å². The lowest BCUT2D eigenvalue weighted by molar-refractivity contribution is -0.141. The summed E-state index contributed by atoms with van der Waals surface area (Å²) < 4.78 is 4.72. The lowest BCUT2D eigenvalue weighted by Gasteiger charge is -2.12. The van der Waals surface area contributed by atoms with Crippen LogP contribution in [0.15, 0.2) is 11.7 Å². The average molecular weight is 257 g/mol. The molecule has 0 bridgehead atoms. The third-order valence-corrected chi connectivity index (χ3v) is 5.13. The Morgan fingerprint density at radius 1 is 1.69 bits per heavy atom. The topological polar surface area (TPSA) is 39.2 Å². The number of nitrogens with zero attached hydrogens (tertiary/aromatic N) is 1. The quantitative estimate of drug-likeness (QED) is 0.735. The maximum Gasteiger partial charge on any atom is 0.306 e. The van der Waals surface area contributed by atoms with Gasteiger partial charge in [0.1, 0.15) is 0 Å². The van der Waals surface area contributed by atoms with Crippen LogP contribution in [-0.4, -0.2) is 23.8 Å². The Bertz CT molecular complexity index is 347. The van der Waals surface area contributed by atoms with Crippen molar-refractivity contribution < 1.29 is 9.53 Å². The first kappa shape index (κ1) is 11.9. The Balaban J connectivity index is 1.71. The van der Waals surface area contributed by atoms with Gasteiger partial charge in [-0.1, -0.05) is 0 Å². The van der Waals surface area contributed by atoms with E-state index in [9.17, 15) is 4.79 Å². The van der Waals surface area contributed by atoms with Gasteiger partial charge in [0.25, 0.3) is 0 Å². The molecule has 0 radical (unpaired) electrons. The Labute approximate surface area is 104 Å². The number of hydrogen-bond acceptors (Lipinski definition) is 5. The van der Waals surface area contributed by atoms with E-state index in [1.165, 1.54) is 12.0 Å². The highest BCUT2D eigenvalue weighted by Crippen LogP contribution is 2.51. The zero-order valence-corrected chi connectivity index (χ0v) is 10.9. The van der Waals surface area contributed by atoms with Crippen molar-refractivity contribution in [2.45, 2.75) is 25.0 Å². The first-order valence-electron chi connectivity index (χ1n) is 5.26. The summed E-state index contributed by atoms with van der Waals surface area (Å²) in [7, 11) is 1.46. The van der Waals surface area contributed by atoms with Gasteiger partial charge in [-0.05, 0) is 24.0 Å². The van der Waals surface area contributed by atoms with E-state index in [1.54, 1.807) is 11.3 Å². The molecule has 2 rings (SSSR count). The fourth-order valence-corrected chi connectivity index (χ4v) is 3.71. The maximum atomic E-state index is 11.2. The van der Waals surface area contributed by atoms with E-state index in [1.807, 2.05) is 23.5 Å². The third kappa shape index (κ3) is 3.22. The molecule has 0 saturated heterocycles. The van der Waals surface area contributed by atoms with E-state index < -0.39 is 0 Å². The lowest BCUT2D eigenvalue weighted by Crippen LogP contribution is -2.13. The van der Waals surface area contributed by atoms with E-state index in [-0.39, 0.29) is 11.4 Å². The predicted molar refractivity (Wildman–Crippen MR) is 66.6 cm³/mol. The van der Waals surface area contributed by atoms with Gasteiger partial charge in [-0.3, -0.25) is 9.78 Å². The summed E-state index contributed by atoms with van der Waals surface area (Å²) in [5.74, 6) is 1.99. The van der Waals surface area contributed by atoms with Gasteiger partial charge < -0.3 is 4.74 Å². The molecule has 1 aromatic rings. The van der Waals surface area contributed by atoms with E-state index in [0.29, 0.717) is 6.42 Å². The van der Waals surface area contributed by atoms with Crippen LogP contribution in [0, 0.1) is 5.41 Å². The molecule has 88 valence electrons. The summed E-state index contributed by atoms with van der Waals surface area (Å²) in [6.07, 6.45) is 4.83. The monoisotopic (exact) mass is 257 g/mol. The molecule has 3 nitrogen and oxygen atoms in total. The van der Waals surface area contributed by atoms with Gasteiger partial charge in [-0.2, -0.15) is 11.8 Å². The number of rotatable bonds is 6. The van der Waals surface area contributed by atoms with Crippen molar-refractivity contribution in [3.63, 3.8) is 0 Å². The summed E-state index contributed by atoms with van der Waals surface area (Å²) in [5.41, 5.74) is 2.10. The predicted octanol–water partition coefficient (Wildman–Crippen LogP) is 2.72. The van der Waals surface area contributed by atoms with Crippen LogP contribution in [0.25, 0.3) is 0 Å². The Kier molecular flexibility index (Phi) is 3.86. The number of hydrogen-bond donors (Lipinski definition) is 0. The SMILES string of the molecule is COC(=O)CC1(CSCc2cncs2)CC1. The van der Waals surface area contributed by atoms with Gasteiger partial charge in [0.05, 0.1) is 19.0 Å². The van der Waals surface area contributed by atoms with E-state index in [0.717, 1.165) is 24.3 Å². The van der Waals surface area contributed by atoms with Crippen LogP contribution in [0.2, 0.25) is 0 Å². The van der Waals surface area contributed by atoms with Crippen molar-refractivity contribution in [3.8, 4) is 0 Å². The van der Waals surface area contributed by atoms with Crippen molar-refractivity contribution in [2.75, 3.05) is 12.9 Å². The number of thioether (sulfide) groups is 1. The largest absolute Gasteiger partial charge is 0.469 e. The van der Waals surface area contributed by atoms with Crippen LogP contribution in [0.5, 0.6) is 0 Å². The molecule has 1 saturated carbocycles. The molecule has 0 unspecified atom stereocenters. The highest BCUT2D eigenvalue weighted by molar-refractivity contribution is 7.98. The Morgan fingerprint density at radius 3 is 3.06 bits per heavy atom. The maximum absolute atomic E-state index is 11.2. The van der Waals surface area contributed by atoms with Gasteiger partial charge in [-0.25, -0.2) is 0 Å². The molecule has 1 aliphatic rings. The van der Waals surface area contributed by atoms with Gasteiger partial charge in [0, 0.05) is 16.8 Å². The summed E-state index contributed by atoms with van der Waals surface area (Å²) in [5, 5.41) is 0. The lowest BCUT2D eigenvalue weighted by atomic mass is 10.1. The first-order chi connectivity index (χ1) is 7.74. The number of methoxy groups -OCH3 is 1. The molecule has 1 aliphatic carbocycles. The molecule has 0 aliphatic heterocycles. The molecular weight excluding hydrogens is 242 g/mol. The molecule has 0 amide bonds. The minimum atomic E-state index is -0.0732. The van der Waals surface area contributed by atoms with Gasteiger partial charge >= 0.3 is 5.97 Å². The summed E-state index contributed by atoms with van der Waals surface area (Å²) >= 11 is 3.58. The fraction of sp³-hybridized carbons (Fsp3) is 0.636. The number of carbonyl (C=O) groups is 1. The van der Waals surface area contributed by atoms with Crippen molar-refractivity contribution in [3.05, 3.63) is 16.6 Å². The molecular formula is C11H15NO2S2. The molecule has 1 fully saturated rings. The molecule has 0 aromatic carbocycles. The number of aromatic nitrogens is 1. The van der Waals surface area contributed by atoms with Crippen LogP contribution in [0.1, 0.15) is 24.1 Å². The molecule has 5 heteroatoms. The van der Waals surface area contributed by atoms with Crippen LogP contribution in [-0.2, 0) is 15.3 Å². The van der Waals surface area contributed by atoms with Crippen LogP contribution < -0.4 is 0 Å². The van der Waals surface area contributed by atoms with E-state index in [2.05, 4.69) is 4.98 Å². The van der Waals surface area contributed by atoms with E-state index in [4.69, 9.17) is 4.74 Å². The number of thiazole rings is 1. The zero-order chi connectivity index (χ0) is 11.4. The number of esters is 1. The molecule has 16 heavy (non-hydrogen) atoms. The zero-order valence-electron chi connectivity index (χ0n) is 9.27. The molecule has 0 spiro atoms. The summed E-state index contributed by atoms with van der Waals surface area (Å²) in [4.78, 5) is 16.6. The second-order valence-corrected chi connectivity index (χ2v) is 6.17. The van der Waals surface area contributed by atoms with Crippen molar-refractivity contribution in [1.29, 1.82) is 0 Å². The normalized spacial score (nSPS) is 17.1. The highest BCUT2D eigenvalue weighted by atomic mass is 32.2. The Morgan fingerprint density at radius 2 is 2.50 bits per heavy atom. The average Bonchev–Trinajstić information content (AvgIpc) is 2.83. The van der Waals surface area contributed by atoms with Crippen molar-refractivity contribution in [2.24, 2.45) is 5.41 Å². The standard InChI is InChI=1S/C11H15NO2S2/c1-14-10(13)4-11(2-3-11)7-15-6-9-5-12-8-16-9/h5,8H,2-4,6-7H2,1H3. The minimum Gasteiger partial charge on any atom is -0.469 e. The summed E-state index contributed by atoms with van der Waals surface area (Å²) in [6, 6.07) is 0. The van der Waals surface area contributed by atoms with E-state index >= 15 is 0 Å². The Hall–Kier alpha value is -0.550. The molecule has 1 heterocycles. The smallest absolute Gasteiger partial charge is 0.306 e. The van der Waals surface area contributed by atoms with Gasteiger partial charge in [0.2, 0.25) is 0 Å². The van der Waals surface area contributed by atoms with Crippen molar-refractivity contribution in [1.82, 2.24) is 4.98 Å². The highest BCUT2D eigenvalue weighted by Gasteiger charge is 2.44. The van der Waals surface area contributed by atoms with Crippen LogP contribution in [0.3, 0.4) is 0 Å². The van der Waals surface area contributed by atoms with Gasteiger partial charge in [0.15, 0.2) is 0 Å². The van der Waals surface area contributed by atoms with Crippen LogP contribution in [0.4, 0.5) is 0 Å². The first-order valence-corrected chi connectivity index (χ1v) is 7.29. The fourth-order valence-electron chi connectivity index (χ4n) is 1.61. The molecule has 0 atom stereocenters. The molecule has 1 aromatic heterocycles. The molecule has 0 N–H and O–H groups in total. The number of ether oxygens (including phenoxy) is 1. The number of carbonyl (C=O) groups excluding carboxylic acids is 1. The second kappa shape index (κ2) is 5.19. The van der Waals surface area contributed by atoms with Crippen molar-refractivity contribution >= 4 is 29.1 Å². The van der Waals surface area contributed by atoms with Crippen LogP contribution >= 0.6 is 23.1 Å². The third-order valence-electron chi connectivity index (χ3n) is 2.84. The second-order valence-electron chi connectivity index (χ2n) is 4.21.